The molecule has 158 valence electrons. The van der Waals surface area contributed by atoms with Crippen molar-refractivity contribution in [1.29, 1.82) is 0 Å². The number of nitrogens with zero attached hydrogens (tertiary/aromatic N) is 4. The van der Waals surface area contributed by atoms with Crippen LogP contribution in [0.15, 0.2) is 35.6 Å². The molecule has 0 fully saturated rings. The van der Waals surface area contributed by atoms with Crippen molar-refractivity contribution in [2.24, 2.45) is 4.99 Å². The predicted octanol–water partition coefficient (Wildman–Crippen LogP) is 1.11. The quantitative estimate of drug-likeness (QED) is 0.385. The maximum absolute atomic E-state index is 11.5. The SMILES string of the molecule is CCNC(=O)COc1cccc(CN=C(NCC)NCCn2cnnc2CC)c1. The maximum atomic E-state index is 11.5. The average Bonchev–Trinajstić information content (AvgIpc) is 3.18. The molecule has 29 heavy (non-hydrogen) atoms. The molecular formula is C20H31N7O2. The normalized spacial score (nSPS) is 11.2. The van der Waals surface area contributed by atoms with Gasteiger partial charge in [-0.3, -0.25) is 4.79 Å². The number of likely N-dealkylation sites (N-methyl/N-ethyl adjacent to an activating group) is 1. The summed E-state index contributed by atoms with van der Waals surface area (Å²) < 4.78 is 7.57. The van der Waals surface area contributed by atoms with E-state index in [0.717, 1.165) is 36.9 Å². The number of carbonyl (C=O) groups is 1. The fourth-order valence-corrected chi connectivity index (χ4v) is 2.68. The van der Waals surface area contributed by atoms with E-state index in [-0.39, 0.29) is 12.5 Å². The molecular weight excluding hydrogens is 370 g/mol. The molecule has 1 amide bonds. The summed E-state index contributed by atoms with van der Waals surface area (Å²) in [4.78, 5) is 16.2. The van der Waals surface area contributed by atoms with Crippen LogP contribution in [0.1, 0.15) is 32.2 Å². The highest BCUT2D eigenvalue weighted by Crippen LogP contribution is 2.14. The van der Waals surface area contributed by atoms with Crippen molar-refractivity contribution < 1.29 is 9.53 Å². The molecule has 1 heterocycles. The Hall–Kier alpha value is -3.10. The van der Waals surface area contributed by atoms with Crippen LogP contribution in [0.5, 0.6) is 5.75 Å². The van der Waals surface area contributed by atoms with Gasteiger partial charge in [0.2, 0.25) is 0 Å². The van der Waals surface area contributed by atoms with E-state index < -0.39 is 0 Å². The van der Waals surface area contributed by atoms with Crippen molar-refractivity contribution in [2.45, 2.75) is 40.3 Å². The number of aromatic nitrogens is 3. The van der Waals surface area contributed by atoms with Gasteiger partial charge in [0.25, 0.3) is 5.91 Å². The number of nitrogens with one attached hydrogen (secondary N) is 3. The second kappa shape index (κ2) is 12.4. The van der Waals surface area contributed by atoms with E-state index in [1.165, 1.54) is 0 Å². The molecule has 0 saturated carbocycles. The Morgan fingerprint density at radius 2 is 2.00 bits per heavy atom. The van der Waals surface area contributed by atoms with E-state index in [1.807, 2.05) is 42.7 Å². The molecule has 0 unspecified atom stereocenters. The lowest BCUT2D eigenvalue weighted by atomic mass is 10.2. The third kappa shape index (κ3) is 7.81. The molecule has 3 N–H and O–H groups in total. The topological polar surface area (TPSA) is 105 Å². The highest BCUT2D eigenvalue weighted by Gasteiger charge is 2.04. The lowest BCUT2D eigenvalue weighted by Crippen LogP contribution is -2.38. The Bertz CT molecular complexity index is 789. The number of hydrogen-bond acceptors (Lipinski definition) is 5. The molecule has 0 bridgehead atoms. The summed E-state index contributed by atoms with van der Waals surface area (Å²) in [5.74, 6) is 2.24. The summed E-state index contributed by atoms with van der Waals surface area (Å²) in [6.45, 7) is 9.32. The molecule has 0 aliphatic carbocycles. The summed E-state index contributed by atoms with van der Waals surface area (Å²) >= 11 is 0. The van der Waals surface area contributed by atoms with Crippen LogP contribution in [0.2, 0.25) is 0 Å². The highest BCUT2D eigenvalue weighted by molar-refractivity contribution is 5.79. The van der Waals surface area contributed by atoms with Crippen molar-refractivity contribution in [3.05, 3.63) is 42.0 Å². The Kier molecular flexibility index (Phi) is 9.47. The van der Waals surface area contributed by atoms with Gasteiger partial charge < -0.3 is 25.3 Å². The van der Waals surface area contributed by atoms with Gasteiger partial charge in [0, 0.05) is 32.6 Å². The third-order valence-electron chi connectivity index (χ3n) is 4.06. The minimum absolute atomic E-state index is 0.00755. The first-order valence-corrected chi connectivity index (χ1v) is 10.0. The van der Waals surface area contributed by atoms with Gasteiger partial charge in [-0.2, -0.15) is 0 Å². The van der Waals surface area contributed by atoms with Crippen molar-refractivity contribution in [1.82, 2.24) is 30.7 Å². The standard InChI is InChI=1S/C20H31N7O2/c1-4-18-26-25-15-27(18)11-10-23-20(22-6-3)24-13-16-8-7-9-17(12-16)29-14-19(28)21-5-2/h7-9,12,15H,4-6,10-11,13-14H2,1-3H3,(H,21,28)(H2,22,23,24). The smallest absolute Gasteiger partial charge is 0.257 e. The van der Waals surface area contributed by atoms with E-state index in [2.05, 4.69) is 38.1 Å². The molecule has 0 radical (unpaired) electrons. The minimum atomic E-state index is -0.131. The largest absolute Gasteiger partial charge is 0.484 e. The fourth-order valence-electron chi connectivity index (χ4n) is 2.68. The predicted molar refractivity (Wildman–Crippen MR) is 113 cm³/mol. The van der Waals surface area contributed by atoms with Crippen LogP contribution in [-0.2, 0) is 24.3 Å². The molecule has 2 aromatic rings. The number of benzene rings is 1. The van der Waals surface area contributed by atoms with Gasteiger partial charge in [0.1, 0.15) is 17.9 Å². The summed E-state index contributed by atoms with van der Waals surface area (Å²) in [5, 5.41) is 17.3. The first-order chi connectivity index (χ1) is 14.2. The van der Waals surface area contributed by atoms with Gasteiger partial charge in [-0.15, -0.1) is 10.2 Å². The van der Waals surface area contributed by atoms with Crippen LogP contribution in [0.3, 0.4) is 0 Å². The van der Waals surface area contributed by atoms with Crippen LogP contribution in [-0.4, -0.2) is 52.9 Å². The molecule has 9 heteroatoms. The van der Waals surface area contributed by atoms with E-state index in [9.17, 15) is 4.79 Å². The number of ether oxygens (including phenoxy) is 1. The van der Waals surface area contributed by atoms with Gasteiger partial charge in [0.05, 0.1) is 6.54 Å². The molecule has 0 aliphatic heterocycles. The Morgan fingerprint density at radius 3 is 2.76 bits per heavy atom. The number of hydrogen-bond donors (Lipinski definition) is 3. The third-order valence-corrected chi connectivity index (χ3v) is 4.06. The summed E-state index contributed by atoms with van der Waals surface area (Å²) in [6, 6.07) is 7.62. The maximum Gasteiger partial charge on any atom is 0.257 e. The van der Waals surface area contributed by atoms with E-state index in [4.69, 9.17) is 4.74 Å². The Labute approximate surface area is 172 Å². The lowest BCUT2D eigenvalue weighted by molar-refractivity contribution is -0.122. The molecule has 9 nitrogen and oxygen atoms in total. The van der Waals surface area contributed by atoms with Crippen LogP contribution in [0.4, 0.5) is 0 Å². The van der Waals surface area contributed by atoms with Crippen molar-refractivity contribution in [3.63, 3.8) is 0 Å². The van der Waals surface area contributed by atoms with E-state index in [0.29, 0.717) is 25.4 Å². The number of aliphatic imine (C=N–C) groups is 1. The molecule has 1 aromatic carbocycles. The zero-order chi connectivity index (χ0) is 20.9. The minimum Gasteiger partial charge on any atom is -0.484 e. The number of amides is 1. The van der Waals surface area contributed by atoms with E-state index in [1.54, 1.807) is 6.33 Å². The van der Waals surface area contributed by atoms with E-state index >= 15 is 0 Å². The van der Waals surface area contributed by atoms with Crippen molar-refractivity contribution in [2.75, 3.05) is 26.2 Å². The molecule has 0 aliphatic rings. The first-order valence-electron chi connectivity index (χ1n) is 10.0. The van der Waals surface area contributed by atoms with Crippen molar-refractivity contribution in [3.8, 4) is 5.75 Å². The highest BCUT2D eigenvalue weighted by atomic mass is 16.5. The second-order valence-electron chi connectivity index (χ2n) is 6.31. The Morgan fingerprint density at radius 1 is 1.17 bits per heavy atom. The monoisotopic (exact) mass is 401 g/mol. The van der Waals surface area contributed by atoms with Crippen molar-refractivity contribution >= 4 is 11.9 Å². The van der Waals surface area contributed by atoms with Gasteiger partial charge in [0.15, 0.2) is 12.6 Å². The summed E-state index contributed by atoms with van der Waals surface area (Å²) in [5.41, 5.74) is 1.00. The van der Waals surface area contributed by atoms with Gasteiger partial charge in [-0.25, -0.2) is 4.99 Å². The molecule has 0 saturated heterocycles. The molecule has 1 aromatic heterocycles. The average molecular weight is 402 g/mol. The zero-order valence-electron chi connectivity index (χ0n) is 17.4. The number of aryl methyl sites for hydroxylation is 1. The number of rotatable bonds is 11. The van der Waals surface area contributed by atoms with Gasteiger partial charge in [-0.05, 0) is 31.5 Å². The lowest BCUT2D eigenvalue weighted by Gasteiger charge is -2.12. The van der Waals surface area contributed by atoms with Gasteiger partial charge in [-0.1, -0.05) is 19.1 Å². The summed E-state index contributed by atoms with van der Waals surface area (Å²) in [6.07, 6.45) is 2.60. The molecule has 2 rings (SSSR count). The van der Waals surface area contributed by atoms with Crippen LogP contribution >= 0.6 is 0 Å². The fraction of sp³-hybridized carbons (Fsp3) is 0.500. The zero-order valence-corrected chi connectivity index (χ0v) is 17.4. The second-order valence-corrected chi connectivity index (χ2v) is 6.31. The van der Waals surface area contributed by atoms with Crippen LogP contribution in [0, 0.1) is 0 Å². The van der Waals surface area contributed by atoms with Crippen LogP contribution in [0.25, 0.3) is 0 Å². The van der Waals surface area contributed by atoms with Gasteiger partial charge >= 0.3 is 0 Å². The van der Waals surface area contributed by atoms with Crippen LogP contribution < -0.4 is 20.7 Å². The molecule has 0 atom stereocenters. The Balaban J connectivity index is 1.88. The number of carbonyl (C=O) groups excluding carboxylic acids is 1. The number of guanidine groups is 1. The summed E-state index contributed by atoms with van der Waals surface area (Å²) in [7, 11) is 0. The molecule has 0 spiro atoms. The first kappa shape index (κ1) is 22.2.